The molecule has 0 atom stereocenters. The Labute approximate surface area is 167 Å². The van der Waals surface area contributed by atoms with Gasteiger partial charge < -0.3 is 15.4 Å². The summed E-state index contributed by atoms with van der Waals surface area (Å²) in [5.41, 5.74) is 1.51. The van der Waals surface area contributed by atoms with Crippen molar-refractivity contribution in [2.45, 2.75) is 6.92 Å². The maximum atomic E-state index is 12.5. The van der Waals surface area contributed by atoms with E-state index in [-0.39, 0.29) is 11.6 Å². The standard InChI is InChI=1S/C21H18ClN3O3/c1-2-28-16-9-7-15(8-10-16)24-20(26)14-11-12-23-19(13-14)21(27)25-18-6-4-3-5-17(18)22/h3-13H,2H2,1H3,(H,24,26)(H,25,27). The maximum Gasteiger partial charge on any atom is 0.274 e. The first-order valence-corrected chi connectivity index (χ1v) is 9.00. The van der Waals surface area contributed by atoms with Crippen molar-refractivity contribution in [3.05, 3.63) is 83.1 Å². The first kappa shape index (κ1) is 19.4. The van der Waals surface area contributed by atoms with E-state index >= 15 is 0 Å². The lowest BCUT2D eigenvalue weighted by molar-refractivity contribution is 0.102. The van der Waals surface area contributed by atoms with Crippen molar-refractivity contribution in [3.8, 4) is 5.75 Å². The largest absolute Gasteiger partial charge is 0.494 e. The second-order valence-corrected chi connectivity index (χ2v) is 6.18. The van der Waals surface area contributed by atoms with Crippen molar-refractivity contribution >= 4 is 34.8 Å². The number of pyridine rings is 1. The van der Waals surface area contributed by atoms with Gasteiger partial charge >= 0.3 is 0 Å². The first-order chi connectivity index (χ1) is 13.6. The van der Waals surface area contributed by atoms with Crippen LogP contribution < -0.4 is 15.4 Å². The zero-order valence-electron chi connectivity index (χ0n) is 15.1. The van der Waals surface area contributed by atoms with Gasteiger partial charge in [-0.2, -0.15) is 0 Å². The molecule has 0 saturated carbocycles. The number of nitrogens with one attached hydrogen (secondary N) is 2. The van der Waals surface area contributed by atoms with Gasteiger partial charge in [0.05, 0.1) is 17.3 Å². The second kappa shape index (κ2) is 9.01. The highest BCUT2D eigenvalue weighted by atomic mass is 35.5. The van der Waals surface area contributed by atoms with Crippen LogP contribution in [0, 0.1) is 0 Å². The topological polar surface area (TPSA) is 80.3 Å². The van der Waals surface area contributed by atoms with Crippen molar-refractivity contribution in [2.75, 3.05) is 17.2 Å². The van der Waals surface area contributed by atoms with E-state index < -0.39 is 5.91 Å². The molecule has 2 N–H and O–H groups in total. The van der Waals surface area contributed by atoms with E-state index in [0.29, 0.717) is 28.6 Å². The fourth-order valence-corrected chi connectivity index (χ4v) is 2.63. The van der Waals surface area contributed by atoms with Crippen molar-refractivity contribution in [1.29, 1.82) is 0 Å². The number of nitrogens with zero attached hydrogens (tertiary/aromatic N) is 1. The van der Waals surface area contributed by atoms with Gasteiger partial charge in [-0.1, -0.05) is 23.7 Å². The van der Waals surface area contributed by atoms with Crippen LogP contribution in [0.1, 0.15) is 27.8 Å². The number of hydrogen-bond donors (Lipinski definition) is 2. The Balaban J connectivity index is 1.70. The molecule has 0 aliphatic carbocycles. The van der Waals surface area contributed by atoms with Crippen LogP contribution in [0.15, 0.2) is 66.9 Å². The average Bonchev–Trinajstić information content (AvgIpc) is 2.71. The Hall–Kier alpha value is -3.38. The molecule has 3 rings (SSSR count). The van der Waals surface area contributed by atoms with Crippen molar-refractivity contribution in [3.63, 3.8) is 0 Å². The fraction of sp³-hybridized carbons (Fsp3) is 0.0952. The Bertz CT molecular complexity index is 990. The van der Waals surface area contributed by atoms with Crippen molar-refractivity contribution < 1.29 is 14.3 Å². The molecule has 2 amide bonds. The number of anilines is 2. The van der Waals surface area contributed by atoms with Gasteiger partial charge in [-0.05, 0) is 55.5 Å². The Kier molecular flexibility index (Phi) is 6.24. The quantitative estimate of drug-likeness (QED) is 0.637. The summed E-state index contributed by atoms with van der Waals surface area (Å²) in [6.07, 6.45) is 1.41. The van der Waals surface area contributed by atoms with Gasteiger partial charge in [0, 0.05) is 17.4 Å². The zero-order chi connectivity index (χ0) is 19.9. The maximum absolute atomic E-state index is 12.5. The molecule has 1 heterocycles. The molecule has 0 radical (unpaired) electrons. The minimum absolute atomic E-state index is 0.110. The highest BCUT2D eigenvalue weighted by molar-refractivity contribution is 6.33. The molecule has 3 aromatic rings. The van der Waals surface area contributed by atoms with E-state index in [0.717, 1.165) is 5.75 Å². The molecule has 1 aromatic heterocycles. The van der Waals surface area contributed by atoms with Crippen LogP contribution in [0.3, 0.4) is 0 Å². The van der Waals surface area contributed by atoms with E-state index in [1.54, 1.807) is 48.5 Å². The zero-order valence-corrected chi connectivity index (χ0v) is 15.9. The minimum atomic E-state index is -0.455. The predicted octanol–water partition coefficient (Wildman–Crippen LogP) is 4.64. The van der Waals surface area contributed by atoms with E-state index in [9.17, 15) is 9.59 Å². The Morgan fingerprint density at radius 3 is 2.46 bits per heavy atom. The molecular formula is C21H18ClN3O3. The molecule has 0 bridgehead atoms. The van der Waals surface area contributed by atoms with E-state index in [2.05, 4.69) is 15.6 Å². The molecule has 6 nitrogen and oxygen atoms in total. The third kappa shape index (κ3) is 4.86. The number of carbonyl (C=O) groups excluding carboxylic acids is 2. The van der Waals surface area contributed by atoms with Gasteiger partial charge in [0.1, 0.15) is 11.4 Å². The van der Waals surface area contributed by atoms with Crippen LogP contribution in [-0.2, 0) is 0 Å². The number of hydrogen-bond acceptors (Lipinski definition) is 4. The molecule has 0 aliphatic heterocycles. The molecule has 7 heteroatoms. The summed E-state index contributed by atoms with van der Waals surface area (Å²) in [6, 6.07) is 16.9. The van der Waals surface area contributed by atoms with Gasteiger partial charge in [0.2, 0.25) is 0 Å². The minimum Gasteiger partial charge on any atom is -0.494 e. The van der Waals surface area contributed by atoms with Crippen LogP contribution in [0.2, 0.25) is 5.02 Å². The summed E-state index contributed by atoms with van der Waals surface area (Å²) < 4.78 is 5.37. The molecule has 0 saturated heterocycles. The Morgan fingerprint density at radius 2 is 1.75 bits per heavy atom. The number of amides is 2. The lowest BCUT2D eigenvalue weighted by atomic mass is 10.2. The molecule has 0 spiro atoms. The van der Waals surface area contributed by atoms with Crippen LogP contribution >= 0.6 is 11.6 Å². The van der Waals surface area contributed by atoms with Gasteiger partial charge in [-0.15, -0.1) is 0 Å². The normalized spacial score (nSPS) is 10.2. The summed E-state index contributed by atoms with van der Waals surface area (Å²) >= 11 is 6.05. The smallest absolute Gasteiger partial charge is 0.274 e. The van der Waals surface area contributed by atoms with Crippen LogP contribution in [0.25, 0.3) is 0 Å². The number of ether oxygens (including phenoxy) is 1. The van der Waals surface area contributed by atoms with Gasteiger partial charge in [-0.3, -0.25) is 14.6 Å². The van der Waals surface area contributed by atoms with Crippen LogP contribution in [0.5, 0.6) is 5.75 Å². The van der Waals surface area contributed by atoms with Crippen LogP contribution in [0.4, 0.5) is 11.4 Å². The summed E-state index contributed by atoms with van der Waals surface area (Å²) in [5, 5.41) is 5.88. The fourth-order valence-electron chi connectivity index (χ4n) is 2.45. The highest BCUT2D eigenvalue weighted by Crippen LogP contribution is 2.21. The van der Waals surface area contributed by atoms with Crippen molar-refractivity contribution in [2.24, 2.45) is 0 Å². The highest BCUT2D eigenvalue weighted by Gasteiger charge is 2.13. The molecule has 142 valence electrons. The van der Waals surface area contributed by atoms with Gasteiger partial charge in [-0.25, -0.2) is 0 Å². The van der Waals surface area contributed by atoms with Gasteiger partial charge in [0.25, 0.3) is 11.8 Å². The van der Waals surface area contributed by atoms with E-state index in [1.807, 2.05) is 6.92 Å². The summed E-state index contributed by atoms with van der Waals surface area (Å²) in [5.74, 6) is -0.0786. The first-order valence-electron chi connectivity index (χ1n) is 8.63. The number of benzene rings is 2. The van der Waals surface area contributed by atoms with E-state index in [1.165, 1.54) is 18.3 Å². The molecule has 0 unspecified atom stereocenters. The molecule has 0 aliphatic rings. The summed E-state index contributed by atoms with van der Waals surface area (Å²) in [6.45, 7) is 2.47. The molecule has 0 fully saturated rings. The van der Waals surface area contributed by atoms with Crippen molar-refractivity contribution in [1.82, 2.24) is 4.98 Å². The average molecular weight is 396 g/mol. The third-order valence-electron chi connectivity index (χ3n) is 3.80. The number of halogens is 1. The lowest BCUT2D eigenvalue weighted by Crippen LogP contribution is -2.17. The monoisotopic (exact) mass is 395 g/mol. The molecular weight excluding hydrogens is 378 g/mol. The van der Waals surface area contributed by atoms with Crippen LogP contribution in [-0.4, -0.2) is 23.4 Å². The molecule has 2 aromatic carbocycles. The Morgan fingerprint density at radius 1 is 1.00 bits per heavy atom. The second-order valence-electron chi connectivity index (χ2n) is 5.78. The number of rotatable bonds is 6. The third-order valence-corrected chi connectivity index (χ3v) is 4.13. The SMILES string of the molecule is CCOc1ccc(NC(=O)c2ccnc(C(=O)Nc3ccccc3Cl)c2)cc1. The van der Waals surface area contributed by atoms with E-state index in [4.69, 9.17) is 16.3 Å². The number of aromatic nitrogens is 1. The number of carbonyl (C=O) groups is 2. The lowest BCUT2D eigenvalue weighted by Gasteiger charge is -2.09. The predicted molar refractivity (Wildman–Crippen MR) is 109 cm³/mol. The van der Waals surface area contributed by atoms with Gasteiger partial charge in [0.15, 0.2) is 0 Å². The molecule has 28 heavy (non-hydrogen) atoms. The summed E-state index contributed by atoms with van der Waals surface area (Å²) in [4.78, 5) is 28.9. The number of para-hydroxylation sites is 1. The summed E-state index contributed by atoms with van der Waals surface area (Å²) in [7, 11) is 0.